The third kappa shape index (κ3) is 4.66. The average Bonchev–Trinajstić information content (AvgIpc) is 3.32. The Morgan fingerprint density at radius 3 is 2.81 bits per heavy atom. The number of ether oxygens (including phenoxy) is 1. The highest BCUT2D eigenvalue weighted by molar-refractivity contribution is 6.08. The van der Waals surface area contributed by atoms with Crippen molar-refractivity contribution < 1.29 is 4.74 Å². The summed E-state index contributed by atoms with van der Waals surface area (Å²) in [6.07, 6.45) is 5.51. The summed E-state index contributed by atoms with van der Waals surface area (Å²) in [5, 5.41) is 10.7. The van der Waals surface area contributed by atoms with Crippen LogP contribution in [0.25, 0.3) is 5.57 Å². The van der Waals surface area contributed by atoms with E-state index in [9.17, 15) is 0 Å². The minimum Gasteiger partial charge on any atom is -0.497 e. The summed E-state index contributed by atoms with van der Waals surface area (Å²) in [5.74, 6) is 2.79. The van der Waals surface area contributed by atoms with E-state index in [2.05, 4.69) is 27.3 Å². The van der Waals surface area contributed by atoms with Crippen LogP contribution in [0, 0.1) is 5.41 Å². The Balaban J connectivity index is 1.44. The molecule has 7 nitrogen and oxygen atoms in total. The van der Waals surface area contributed by atoms with Gasteiger partial charge in [0.15, 0.2) is 0 Å². The highest BCUT2D eigenvalue weighted by Crippen LogP contribution is 2.31. The van der Waals surface area contributed by atoms with E-state index in [1.54, 1.807) is 13.3 Å². The molecule has 1 aliphatic rings. The Morgan fingerprint density at radius 1 is 1.23 bits per heavy atom. The molecule has 1 atom stereocenters. The monoisotopic (exact) mass is 414 g/mol. The molecule has 1 aromatic heterocycles. The first-order chi connectivity index (χ1) is 15.2. The fourth-order valence-electron chi connectivity index (χ4n) is 3.80. The maximum atomic E-state index is 7.41. The molecular weight excluding hydrogens is 388 g/mol. The van der Waals surface area contributed by atoms with Gasteiger partial charge < -0.3 is 26.1 Å². The Bertz CT molecular complexity index is 1080. The lowest BCUT2D eigenvalue weighted by Gasteiger charge is -2.17. The van der Waals surface area contributed by atoms with E-state index in [0.29, 0.717) is 11.5 Å². The van der Waals surface area contributed by atoms with Crippen molar-refractivity contribution >= 4 is 29.2 Å². The van der Waals surface area contributed by atoms with E-state index >= 15 is 0 Å². The van der Waals surface area contributed by atoms with Gasteiger partial charge in [0, 0.05) is 48.9 Å². The SMILES string of the molecule is COc1cccc(C2CCN(c3nccc(Nc4ccc(/C(C=N)=C/N)cc4)n3)C2)c1. The minimum absolute atomic E-state index is 0.432. The first-order valence-corrected chi connectivity index (χ1v) is 10.2. The maximum absolute atomic E-state index is 7.41. The highest BCUT2D eigenvalue weighted by atomic mass is 16.5. The molecule has 1 saturated heterocycles. The summed E-state index contributed by atoms with van der Waals surface area (Å²) in [6, 6.07) is 17.9. The Morgan fingerprint density at radius 2 is 2.06 bits per heavy atom. The van der Waals surface area contributed by atoms with Gasteiger partial charge in [-0.15, -0.1) is 0 Å². The molecular formula is C24H26N6O. The van der Waals surface area contributed by atoms with Crippen molar-refractivity contribution in [2.24, 2.45) is 5.73 Å². The first-order valence-electron chi connectivity index (χ1n) is 10.2. The smallest absolute Gasteiger partial charge is 0.227 e. The zero-order chi connectivity index (χ0) is 21.6. The minimum atomic E-state index is 0.432. The average molecular weight is 415 g/mol. The van der Waals surface area contributed by atoms with Crippen LogP contribution in [0.1, 0.15) is 23.5 Å². The lowest BCUT2D eigenvalue weighted by molar-refractivity contribution is 0.414. The Hall–Kier alpha value is -3.87. The number of methoxy groups -OCH3 is 1. The van der Waals surface area contributed by atoms with Crippen LogP contribution in [0.3, 0.4) is 0 Å². The third-order valence-corrected chi connectivity index (χ3v) is 5.50. The second-order valence-electron chi connectivity index (χ2n) is 7.42. The lowest BCUT2D eigenvalue weighted by Crippen LogP contribution is -2.21. The molecule has 1 aliphatic heterocycles. The van der Waals surface area contributed by atoms with E-state index in [1.165, 1.54) is 18.0 Å². The van der Waals surface area contributed by atoms with Crippen molar-refractivity contribution in [1.82, 2.24) is 9.97 Å². The van der Waals surface area contributed by atoms with Crippen molar-refractivity contribution in [2.45, 2.75) is 12.3 Å². The van der Waals surface area contributed by atoms with E-state index in [-0.39, 0.29) is 0 Å². The van der Waals surface area contributed by atoms with Crippen LogP contribution in [0.5, 0.6) is 5.75 Å². The molecule has 3 aromatic rings. The van der Waals surface area contributed by atoms with Gasteiger partial charge in [0.05, 0.1) is 7.11 Å². The van der Waals surface area contributed by atoms with Crippen LogP contribution in [-0.4, -0.2) is 36.4 Å². The van der Waals surface area contributed by atoms with Crippen molar-refractivity contribution in [2.75, 3.05) is 30.4 Å². The topological polar surface area (TPSA) is 100 Å². The van der Waals surface area contributed by atoms with E-state index in [1.807, 2.05) is 42.5 Å². The predicted molar refractivity (Wildman–Crippen MR) is 125 cm³/mol. The molecule has 0 radical (unpaired) electrons. The fraction of sp³-hybridized carbons (Fsp3) is 0.208. The van der Waals surface area contributed by atoms with Crippen molar-refractivity contribution in [3.63, 3.8) is 0 Å². The zero-order valence-electron chi connectivity index (χ0n) is 17.5. The molecule has 1 unspecified atom stereocenters. The molecule has 4 rings (SSSR count). The molecule has 0 bridgehead atoms. The lowest BCUT2D eigenvalue weighted by atomic mass is 9.98. The molecule has 1 fully saturated rings. The standard InChI is InChI=1S/C24H26N6O/c1-31-22-4-2-3-18(13-22)19-10-12-30(16-19)24-27-11-9-23(29-24)28-21-7-5-17(6-8-21)20(14-25)15-26/h2-9,11,13-15,19,25H,10,12,16,26H2,1H3,(H,27,28,29)/b20-15+,25-14?. The van der Waals surface area contributed by atoms with E-state index < -0.39 is 0 Å². The number of anilines is 3. The van der Waals surface area contributed by atoms with Gasteiger partial charge in [-0.1, -0.05) is 24.3 Å². The molecule has 2 heterocycles. The molecule has 0 spiro atoms. The molecule has 2 aromatic carbocycles. The van der Waals surface area contributed by atoms with Gasteiger partial charge in [0.1, 0.15) is 11.6 Å². The largest absolute Gasteiger partial charge is 0.497 e. The molecule has 0 aliphatic carbocycles. The summed E-state index contributed by atoms with van der Waals surface area (Å²) in [6.45, 7) is 1.79. The van der Waals surface area contributed by atoms with Crippen molar-refractivity contribution in [3.8, 4) is 5.75 Å². The fourth-order valence-corrected chi connectivity index (χ4v) is 3.80. The molecule has 31 heavy (non-hydrogen) atoms. The summed E-state index contributed by atoms with van der Waals surface area (Å²) in [5.41, 5.74) is 9.32. The van der Waals surface area contributed by atoms with Crippen LogP contribution in [0.4, 0.5) is 17.5 Å². The summed E-state index contributed by atoms with van der Waals surface area (Å²) in [7, 11) is 1.70. The third-order valence-electron chi connectivity index (χ3n) is 5.50. The molecule has 0 amide bonds. The normalized spacial score (nSPS) is 16.2. The van der Waals surface area contributed by atoms with Crippen LogP contribution < -0.4 is 20.7 Å². The van der Waals surface area contributed by atoms with E-state index in [0.717, 1.165) is 48.3 Å². The molecule has 0 saturated carbocycles. The molecule has 158 valence electrons. The number of aromatic nitrogens is 2. The second kappa shape index (κ2) is 9.30. The van der Waals surface area contributed by atoms with Crippen molar-refractivity contribution in [1.29, 1.82) is 5.41 Å². The first kappa shape index (κ1) is 20.4. The Kier molecular flexibility index (Phi) is 6.12. The van der Waals surface area contributed by atoms with Gasteiger partial charge in [-0.25, -0.2) is 4.98 Å². The Labute approximate surface area is 182 Å². The van der Waals surface area contributed by atoms with Gasteiger partial charge >= 0.3 is 0 Å². The number of benzene rings is 2. The van der Waals surface area contributed by atoms with Gasteiger partial charge in [-0.3, -0.25) is 0 Å². The maximum Gasteiger partial charge on any atom is 0.227 e. The van der Waals surface area contributed by atoms with Gasteiger partial charge in [-0.2, -0.15) is 4.98 Å². The number of nitrogens with zero attached hydrogens (tertiary/aromatic N) is 3. The van der Waals surface area contributed by atoms with Gasteiger partial charge in [0.25, 0.3) is 0 Å². The second-order valence-corrected chi connectivity index (χ2v) is 7.42. The van der Waals surface area contributed by atoms with Gasteiger partial charge in [0.2, 0.25) is 5.95 Å². The number of hydrogen-bond donors (Lipinski definition) is 3. The number of hydrogen-bond acceptors (Lipinski definition) is 7. The summed E-state index contributed by atoms with van der Waals surface area (Å²) >= 11 is 0. The molecule has 4 N–H and O–H groups in total. The predicted octanol–water partition coefficient (Wildman–Crippen LogP) is 4.17. The van der Waals surface area contributed by atoms with Crippen LogP contribution in [0.2, 0.25) is 0 Å². The van der Waals surface area contributed by atoms with Crippen LogP contribution in [-0.2, 0) is 0 Å². The zero-order valence-corrected chi connectivity index (χ0v) is 17.5. The van der Waals surface area contributed by atoms with Crippen LogP contribution in [0.15, 0.2) is 67.0 Å². The van der Waals surface area contributed by atoms with Crippen molar-refractivity contribution in [3.05, 3.63) is 78.1 Å². The van der Waals surface area contributed by atoms with Gasteiger partial charge in [-0.05, 0) is 47.9 Å². The summed E-state index contributed by atoms with van der Waals surface area (Å²) < 4.78 is 5.36. The number of allylic oxidation sites excluding steroid dienone is 1. The van der Waals surface area contributed by atoms with E-state index in [4.69, 9.17) is 20.9 Å². The quantitative estimate of drug-likeness (QED) is 0.502. The number of nitrogens with one attached hydrogen (secondary N) is 2. The number of rotatable bonds is 7. The number of nitrogens with two attached hydrogens (primary N) is 1. The summed E-state index contributed by atoms with van der Waals surface area (Å²) in [4.78, 5) is 11.4. The van der Waals surface area contributed by atoms with Crippen LogP contribution >= 0.6 is 0 Å². The highest BCUT2D eigenvalue weighted by Gasteiger charge is 2.26. The molecule has 7 heteroatoms.